The molecule has 0 aliphatic carbocycles. The Labute approximate surface area is 121 Å². The summed E-state index contributed by atoms with van der Waals surface area (Å²) in [7, 11) is 0. The minimum atomic E-state index is 0.968. The van der Waals surface area contributed by atoms with Gasteiger partial charge in [-0.15, -0.1) is 0 Å². The highest BCUT2D eigenvalue weighted by Crippen LogP contribution is 2.28. The summed E-state index contributed by atoms with van der Waals surface area (Å²) in [6, 6.07) is 15.5. The van der Waals surface area contributed by atoms with E-state index in [1.165, 1.54) is 28.1 Å². The fraction of sp³-hybridized carbons (Fsp3) is 0.333. The summed E-state index contributed by atoms with van der Waals surface area (Å²) in [6.45, 7) is 7.41. The van der Waals surface area contributed by atoms with Gasteiger partial charge in [0, 0.05) is 31.0 Å². The van der Waals surface area contributed by atoms with Gasteiger partial charge in [0.1, 0.15) is 0 Å². The number of hydrogen-bond donors (Lipinski definition) is 1. The standard InChI is InChI=1S/C18H22N2/c1-3-20(17-9-7-14(2)8-10-17)13-16-6-4-5-15-11-12-19-18(15)16/h4-10,19H,3,11-13H2,1-2H3. The first-order valence-corrected chi connectivity index (χ1v) is 7.44. The van der Waals surface area contributed by atoms with Crippen molar-refractivity contribution in [3.8, 4) is 0 Å². The molecule has 0 saturated carbocycles. The Morgan fingerprint density at radius 3 is 2.65 bits per heavy atom. The fourth-order valence-electron chi connectivity index (χ4n) is 2.89. The largest absolute Gasteiger partial charge is 0.384 e. The third-order valence-electron chi connectivity index (χ3n) is 4.08. The van der Waals surface area contributed by atoms with E-state index >= 15 is 0 Å². The Kier molecular flexibility index (Phi) is 3.64. The van der Waals surface area contributed by atoms with Crippen molar-refractivity contribution in [3.63, 3.8) is 0 Å². The highest BCUT2D eigenvalue weighted by molar-refractivity contribution is 5.62. The Balaban J connectivity index is 1.85. The second kappa shape index (κ2) is 5.58. The number of benzene rings is 2. The van der Waals surface area contributed by atoms with Gasteiger partial charge < -0.3 is 10.2 Å². The van der Waals surface area contributed by atoms with E-state index in [0.717, 1.165) is 26.1 Å². The van der Waals surface area contributed by atoms with E-state index in [2.05, 4.69) is 66.5 Å². The molecule has 2 aromatic rings. The van der Waals surface area contributed by atoms with Gasteiger partial charge in [-0.25, -0.2) is 0 Å². The second-order valence-electron chi connectivity index (χ2n) is 5.48. The zero-order valence-electron chi connectivity index (χ0n) is 12.3. The molecule has 0 spiro atoms. The number of rotatable bonds is 4. The Bertz CT molecular complexity index is 587. The predicted molar refractivity (Wildman–Crippen MR) is 86.5 cm³/mol. The molecule has 0 amide bonds. The number of hydrogen-bond acceptors (Lipinski definition) is 2. The van der Waals surface area contributed by atoms with Crippen molar-refractivity contribution in [2.75, 3.05) is 23.3 Å². The highest BCUT2D eigenvalue weighted by Gasteiger charge is 2.15. The van der Waals surface area contributed by atoms with Crippen LogP contribution in [0.3, 0.4) is 0 Å². The molecule has 0 bridgehead atoms. The normalized spacial score (nSPS) is 12.9. The molecular weight excluding hydrogens is 244 g/mol. The second-order valence-corrected chi connectivity index (χ2v) is 5.48. The maximum atomic E-state index is 3.53. The molecular formula is C18H22N2. The van der Waals surface area contributed by atoms with E-state index in [0.29, 0.717) is 0 Å². The molecule has 0 fully saturated rings. The van der Waals surface area contributed by atoms with E-state index in [1.807, 2.05) is 0 Å². The monoisotopic (exact) mass is 266 g/mol. The SMILES string of the molecule is CCN(Cc1cccc2c1NCC2)c1ccc(C)cc1. The zero-order chi connectivity index (χ0) is 13.9. The van der Waals surface area contributed by atoms with Gasteiger partial charge in [0.05, 0.1) is 0 Å². The predicted octanol–water partition coefficient (Wildman–Crippen LogP) is 3.99. The van der Waals surface area contributed by atoms with Crippen molar-refractivity contribution < 1.29 is 0 Å². The summed E-state index contributed by atoms with van der Waals surface area (Å²) >= 11 is 0. The van der Waals surface area contributed by atoms with Crippen LogP contribution in [-0.2, 0) is 13.0 Å². The summed E-state index contributed by atoms with van der Waals surface area (Å²) in [4.78, 5) is 2.43. The first kappa shape index (κ1) is 13.0. The van der Waals surface area contributed by atoms with Crippen molar-refractivity contribution >= 4 is 11.4 Å². The molecule has 2 aromatic carbocycles. The number of para-hydroxylation sites is 1. The molecule has 2 heteroatoms. The molecule has 1 heterocycles. The van der Waals surface area contributed by atoms with Gasteiger partial charge >= 0.3 is 0 Å². The molecule has 1 aliphatic rings. The van der Waals surface area contributed by atoms with Crippen LogP contribution in [0.4, 0.5) is 11.4 Å². The van der Waals surface area contributed by atoms with E-state index < -0.39 is 0 Å². The first-order valence-electron chi connectivity index (χ1n) is 7.44. The number of anilines is 2. The lowest BCUT2D eigenvalue weighted by molar-refractivity contribution is 0.833. The highest BCUT2D eigenvalue weighted by atomic mass is 15.1. The zero-order valence-corrected chi connectivity index (χ0v) is 12.3. The maximum absolute atomic E-state index is 3.53. The summed E-state index contributed by atoms with van der Waals surface area (Å²) in [5, 5.41) is 3.53. The van der Waals surface area contributed by atoms with E-state index in [-0.39, 0.29) is 0 Å². The van der Waals surface area contributed by atoms with Crippen LogP contribution in [0.15, 0.2) is 42.5 Å². The third kappa shape index (κ3) is 2.51. The Hall–Kier alpha value is -1.96. The van der Waals surface area contributed by atoms with Crippen molar-refractivity contribution in [1.82, 2.24) is 0 Å². The maximum Gasteiger partial charge on any atom is 0.0449 e. The molecule has 2 nitrogen and oxygen atoms in total. The smallest absolute Gasteiger partial charge is 0.0449 e. The molecule has 0 unspecified atom stereocenters. The van der Waals surface area contributed by atoms with Gasteiger partial charge in [-0.2, -0.15) is 0 Å². The van der Waals surface area contributed by atoms with E-state index in [1.54, 1.807) is 0 Å². The fourth-order valence-corrected chi connectivity index (χ4v) is 2.89. The van der Waals surface area contributed by atoms with Crippen LogP contribution in [0, 0.1) is 6.92 Å². The van der Waals surface area contributed by atoms with Crippen LogP contribution in [0.1, 0.15) is 23.6 Å². The average Bonchev–Trinajstić information content (AvgIpc) is 2.95. The Morgan fingerprint density at radius 2 is 1.90 bits per heavy atom. The number of nitrogens with zero attached hydrogens (tertiary/aromatic N) is 1. The molecule has 1 N–H and O–H groups in total. The lowest BCUT2D eigenvalue weighted by atomic mass is 10.1. The van der Waals surface area contributed by atoms with Crippen molar-refractivity contribution in [2.24, 2.45) is 0 Å². The molecule has 0 aromatic heterocycles. The average molecular weight is 266 g/mol. The van der Waals surface area contributed by atoms with E-state index in [4.69, 9.17) is 0 Å². The minimum Gasteiger partial charge on any atom is -0.384 e. The van der Waals surface area contributed by atoms with Gasteiger partial charge in [-0.05, 0) is 43.5 Å². The third-order valence-corrected chi connectivity index (χ3v) is 4.08. The summed E-state index contributed by atoms with van der Waals surface area (Å²) in [5.41, 5.74) is 6.84. The van der Waals surface area contributed by atoms with Crippen LogP contribution in [0.2, 0.25) is 0 Å². The summed E-state index contributed by atoms with van der Waals surface area (Å²) in [6.07, 6.45) is 1.15. The lowest BCUT2D eigenvalue weighted by Crippen LogP contribution is -2.22. The van der Waals surface area contributed by atoms with Crippen molar-refractivity contribution in [1.29, 1.82) is 0 Å². The van der Waals surface area contributed by atoms with Gasteiger partial charge in [-0.1, -0.05) is 35.9 Å². The van der Waals surface area contributed by atoms with Crippen LogP contribution in [0.5, 0.6) is 0 Å². The van der Waals surface area contributed by atoms with Gasteiger partial charge in [0.25, 0.3) is 0 Å². The first-order chi connectivity index (χ1) is 9.78. The van der Waals surface area contributed by atoms with Crippen LogP contribution < -0.4 is 10.2 Å². The van der Waals surface area contributed by atoms with Crippen LogP contribution >= 0.6 is 0 Å². The molecule has 3 rings (SSSR count). The van der Waals surface area contributed by atoms with Crippen LogP contribution in [-0.4, -0.2) is 13.1 Å². The number of aryl methyl sites for hydroxylation is 1. The topological polar surface area (TPSA) is 15.3 Å². The van der Waals surface area contributed by atoms with Crippen molar-refractivity contribution in [3.05, 3.63) is 59.2 Å². The molecule has 0 saturated heterocycles. The van der Waals surface area contributed by atoms with Gasteiger partial charge in [-0.3, -0.25) is 0 Å². The summed E-state index contributed by atoms with van der Waals surface area (Å²) < 4.78 is 0. The van der Waals surface area contributed by atoms with Crippen molar-refractivity contribution in [2.45, 2.75) is 26.8 Å². The van der Waals surface area contributed by atoms with Gasteiger partial charge in [0.2, 0.25) is 0 Å². The van der Waals surface area contributed by atoms with Gasteiger partial charge in [0.15, 0.2) is 0 Å². The quantitative estimate of drug-likeness (QED) is 0.900. The van der Waals surface area contributed by atoms with E-state index in [9.17, 15) is 0 Å². The minimum absolute atomic E-state index is 0.968. The van der Waals surface area contributed by atoms with Crippen LogP contribution in [0.25, 0.3) is 0 Å². The lowest BCUT2D eigenvalue weighted by Gasteiger charge is -2.24. The molecule has 1 aliphatic heterocycles. The Morgan fingerprint density at radius 1 is 1.10 bits per heavy atom. The number of nitrogens with one attached hydrogen (secondary N) is 1. The summed E-state index contributed by atoms with van der Waals surface area (Å²) in [5.74, 6) is 0. The number of fused-ring (bicyclic) bond motifs is 1. The molecule has 20 heavy (non-hydrogen) atoms. The molecule has 0 radical (unpaired) electrons. The molecule has 104 valence electrons. The molecule has 0 atom stereocenters.